The number of hydrogen-bond acceptors (Lipinski definition) is 5. The van der Waals surface area contributed by atoms with Crippen molar-refractivity contribution in [3.63, 3.8) is 0 Å². The van der Waals surface area contributed by atoms with E-state index in [9.17, 15) is 20.1 Å². The molecule has 15 heavy (non-hydrogen) atoms. The molecule has 80 valence electrons. The average molecular weight is 210 g/mol. The van der Waals surface area contributed by atoms with Crippen LogP contribution in [0.3, 0.4) is 0 Å². The highest BCUT2D eigenvalue weighted by molar-refractivity contribution is 5.70. The number of phenols is 3. The molecule has 1 atom stereocenters. The largest absolute Gasteiger partial charge is 0.504 e. The number of fused-ring (bicyclic) bond motifs is 1. The maximum Gasteiger partial charge on any atom is 0.200 e. The molecule has 0 radical (unpaired) electrons. The maximum atomic E-state index is 10.7. The van der Waals surface area contributed by atoms with Crippen LogP contribution in [0.2, 0.25) is 0 Å². The molecule has 0 aromatic heterocycles. The molecule has 1 aromatic carbocycles. The fraction of sp³-hybridized carbons (Fsp3) is 0.300. The first-order valence-corrected chi connectivity index (χ1v) is 4.41. The topological polar surface area (TPSA) is 87.0 Å². The van der Waals surface area contributed by atoms with Crippen LogP contribution < -0.4 is 0 Å². The molecule has 1 aromatic rings. The second-order valence-corrected chi connectivity index (χ2v) is 3.43. The highest BCUT2D eigenvalue weighted by atomic mass is 16.5. The predicted molar refractivity (Wildman–Crippen MR) is 49.8 cm³/mol. The van der Waals surface area contributed by atoms with Crippen LogP contribution in [0.4, 0.5) is 0 Å². The molecule has 2 rings (SSSR count). The van der Waals surface area contributed by atoms with E-state index in [-0.39, 0.29) is 6.61 Å². The Bertz CT molecular complexity index is 438. The molecule has 0 saturated carbocycles. The van der Waals surface area contributed by atoms with E-state index in [2.05, 4.69) is 0 Å². The number of aldehydes is 1. The maximum absolute atomic E-state index is 10.7. The van der Waals surface area contributed by atoms with Crippen LogP contribution in [-0.4, -0.2) is 21.6 Å². The zero-order valence-electron chi connectivity index (χ0n) is 8.02. The minimum atomic E-state index is -0.780. The van der Waals surface area contributed by atoms with Gasteiger partial charge in [-0.25, -0.2) is 0 Å². The van der Waals surface area contributed by atoms with Gasteiger partial charge in [0.05, 0.1) is 6.61 Å². The fourth-order valence-corrected chi connectivity index (χ4v) is 1.81. The summed E-state index contributed by atoms with van der Waals surface area (Å²) in [5, 5.41) is 28.4. The summed E-state index contributed by atoms with van der Waals surface area (Å²) in [7, 11) is 0. The van der Waals surface area contributed by atoms with Gasteiger partial charge in [0, 0.05) is 16.7 Å². The predicted octanol–water partition coefficient (Wildman–Crippen LogP) is 0.882. The Morgan fingerprint density at radius 2 is 1.93 bits per heavy atom. The van der Waals surface area contributed by atoms with Crippen LogP contribution in [0.5, 0.6) is 17.2 Å². The number of aromatic hydroxyl groups is 3. The van der Waals surface area contributed by atoms with E-state index < -0.39 is 23.4 Å². The van der Waals surface area contributed by atoms with Crippen molar-refractivity contribution >= 4 is 6.29 Å². The van der Waals surface area contributed by atoms with Crippen LogP contribution in [0.1, 0.15) is 22.8 Å². The molecule has 0 bridgehead atoms. The third-order valence-corrected chi connectivity index (χ3v) is 2.63. The molecular weight excluding hydrogens is 200 g/mol. The number of benzene rings is 1. The van der Waals surface area contributed by atoms with E-state index in [1.54, 1.807) is 6.92 Å². The summed E-state index contributed by atoms with van der Waals surface area (Å²) in [6, 6.07) is 0. The summed E-state index contributed by atoms with van der Waals surface area (Å²) in [6.07, 6.45) is -0.188. The Morgan fingerprint density at radius 1 is 1.27 bits per heavy atom. The zero-order chi connectivity index (χ0) is 11.2. The van der Waals surface area contributed by atoms with Gasteiger partial charge in [-0.15, -0.1) is 0 Å². The number of phenolic OH excluding ortho intramolecular Hbond substituents is 3. The number of carbonyl (C=O) groups excluding carboxylic acids is 1. The Labute approximate surface area is 85.5 Å². The third-order valence-electron chi connectivity index (χ3n) is 2.63. The smallest absolute Gasteiger partial charge is 0.200 e. The second-order valence-electron chi connectivity index (χ2n) is 3.43. The van der Waals surface area contributed by atoms with E-state index in [0.717, 1.165) is 0 Å². The molecule has 1 unspecified atom stereocenters. The lowest BCUT2D eigenvalue weighted by Crippen LogP contribution is -1.99. The standard InChI is InChI=1S/C10H10O5/c1-4-7-5(3-15-6(7)2-11)9(13)10(14)8(4)12/h2,6,12-14H,3H2,1H3. The van der Waals surface area contributed by atoms with Crippen molar-refractivity contribution in [3.8, 4) is 17.2 Å². The highest BCUT2D eigenvalue weighted by Gasteiger charge is 2.31. The van der Waals surface area contributed by atoms with Crippen LogP contribution >= 0.6 is 0 Å². The van der Waals surface area contributed by atoms with Crippen molar-refractivity contribution in [1.82, 2.24) is 0 Å². The normalized spacial score (nSPS) is 18.9. The van der Waals surface area contributed by atoms with Crippen LogP contribution in [0, 0.1) is 6.92 Å². The van der Waals surface area contributed by atoms with Gasteiger partial charge in [-0.2, -0.15) is 0 Å². The molecule has 3 N–H and O–H groups in total. The van der Waals surface area contributed by atoms with Crippen molar-refractivity contribution in [1.29, 1.82) is 0 Å². The van der Waals surface area contributed by atoms with E-state index in [0.29, 0.717) is 23.0 Å². The highest BCUT2D eigenvalue weighted by Crippen LogP contribution is 2.48. The Morgan fingerprint density at radius 3 is 2.53 bits per heavy atom. The van der Waals surface area contributed by atoms with Gasteiger partial charge in [0.1, 0.15) is 6.10 Å². The molecular formula is C10H10O5. The van der Waals surface area contributed by atoms with Crippen molar-refractivity contribution in [3.05, 3.63) is 16.7 Å². The number of hydrogen-bond donors (Lipinski definition) is 3. The summed E-state index contributed by atoms with van der Waals surface area (Å²) >= 11 is 0. The molecule has 0 saturated heterocycles. The molecule has 0 aliphatic carbocycles. The van der Waals surface area contributed by atoms with Gasteiger partial charge in [-0.3, -0.25) is 0 Å². The summed E-state index contributed by atoms with van der Waals surface area (Å²) in [5.74, 6) is -1.40. The van der Waals surface area contributed by atoms with Gasteiger partial charge in [0.15, 0.2) is 17.8 Å². The van der Waals surface area contributed by atoms with Crippen molar-refractivity contribution < 1.29 is 24.9 Å². The first kappa shape index (κ1) is 9.79. The summed E-state index contributed by atoms with van der Waals surface area (Å²) in [5.41, 5.74) is 1.16. The van der Waals surface area contributed by atoms with Gasteiger partial charge in [-0.1, -0.05) is 0 Å². The second kappa shape index (κ2) is 3.13. The molecule has 1 aliphatic heterocycles. The number of rotatable bonds is 1. The Kier molecular flexibility index (Phi) is 2.04. The van der Waals surface area contributed by atoms with E-state index in [1.807, 2.05) is 0 Å². The zero-order valence-corrected chi connectivity index (χ0v) is 8.02. The van der Waals surface area contributed by atoms with Crippen molar-refractivity contribution in [2.45, 2.75) is 19.6 Å². The lowest BCUT2D eigenvalue weighted by molar-refractivity contribution is -0.117. The van der Waals surface area contributed by atoms with Gasteiger partial charge < -0.3 is 24.9 Å². The van der Waals surface area contributed by atoms with Crippen LogP contribution in [0.15, 0.2) is 0 Å². The third kappa shape index (κ3) is 1.16. The van der Waals surface area contributed by atoms with E-state index >= 15 is 0 Å². The van der Waals surface area contributed by atoms with E-state index in [1.165, 1.54) is 0 Å². The lowest BCUT2D eigenvalue weighted by atomic mass is 9.97. The van der Waals surface area contributed by atoms with Crippen molar-refractivity contribution in [2.24, 2.45) is 0 Å². The first-order chi connectivity index (χ1) is 7.07. The number of carbonyl (C=O) groups is 1. The molecule has 0 fully saturated rings. The molecule has 1 heterocycles. The SMILES string of the molecule is Cc1c(O)c(O)c(O)c2c1C(C=O)OC2. The minimum Gasteiger partial charge on any atom is -0.504 e. The van der Waals surface area contributed by atoms with Gasteiger partial charge >= 0.3 is 0 Å². The summed E-state index contributed by atoms with van der Waals surface area (Å²) in [4.78, 5) is 10.7. The van der Waals surface area contributed by atoms with Crippen LogP contribution in [0.25, 0.3) is 0 Å². The summed E-state index contributed by atoms with van der Waals surface area (Å²) < 4.78 is 5.09. The molecule has 0 spiro atoms. The summed E-state index contributed by atoms with van der Waals surface area (Å²) in [6.45, 7) is 1.61. The Balaban J connectivity index is 2.75. The quantitative estimate of drug-likeness (QED) is 0.473. The minimum absolute atomic E-state index is 0.0548. The molecule has 5 nitrogen and oxygen atoms in total. The van der Waals surface area contributed by atoms with Crippen molar-refractivity contribution in [2.75, 3.05) is 0 Å². The average Bonchev–Trinajstić information content (AvgIpc) is 2.67. The fourth-order valence-electron chi connectivity index (χ4n) is 1.81. The molecule has 1 aliphatic rings. The molecule has 5 heteroatoms. The van der Waals surface area contributed by atoms with Gasteiger partial charge in [0.25, 0.3) is 0 Å². The Hall–Kier alpha value is -1.75. The van der Waals surface area contributed by atoms with Gasteiger partial charge in [-0.05, 0) is 6.92 Å². The van der Waals surface area contributed by atoms with E-state index in [4.69, 9.17) is 4.74 Å². The lowest BCUT2D eigenvalue weighted by Gasteiger charge is -2.11. The van der Waals surface area contributed by atoms with Crippen LogP contribution in [-0.2, 0) is 16.1 Å². The molecule has 0 amide bonds. The van der Waals surface area contributed by atoms with Gasteiger partial charge in [0.2, 0.25) is 5.75 Å². The first-order valence-electron chi connectivity index (χ1n) is 4.41. The monoisotopic (exact) mass is 210 g/mol. The number of ether oxygens (including phenoxy) is 1.